The Labute approximate surface area is 73.1 Å². The van der Waals surface area contributed by atoms with Gasteiger partial charge in [-0.2, -0.15) is 13.5 Å². The summed E-state index contributed by atoms with van der Waals surface area (Å²) in [5.74, 6) is -1.46. The first kappa shape index (κ1) is 9.68. The molecule has 3 N–H and O–H groups in total. The maximum atomic E-state index is 10.6. The van der Waals surface area contributed by atoms with Crippen LogP contribution in [0.4, 0.5) is 0 Å². The molecule has 0 aliphatic carbocycles. The normalized spacial score (nSPS) is 11.5. The Kier molecular flexibility index (Phi) is 2.10. The molecule has 0 aromatic carbocycles. The van der Waals surface area contributed by atoms with Crippen LogP contribution in [0.25, 0.3) is 0 Å². The first-order valence-electron chi connectivity index (χ1n) is 3.09. The molecule has 0 radical (unpaired) electrons. The Morgan fingerprint density at radius 2 is 2.08 bits per heavy atom. The highest BCUT2D eigenvalue weighted by Crippen LogP contribution is 2.15. The number of carboxylic acids is 1. The molecule has 0 saturated heterocycles. The van der Waals surface area contributed by atoms with E-state index in [2.05, 4.69) is 10.2 Å². The molecule has 1 aromatic rings. The molecule has 13 heavy (non-hydrogen) atoms. The zero-order valence-corrected chi connectivity index (χ0v) is 7.29. The van der Waals surface area contributed by atoms with Crippen LogP contribution in [0.1, 0.15) is 16.1 Å². The smallest absolute Gasteiger partial charge is 0.340 e. The maximum Gasteiger partial charge on any atom is 0.340 e. The van der Waals surface area contributed by atoms with Crippen LogP contribution >= 0.6 is 0 Å². The number of hydrogen-bond acceptors (Lipinski definition) is 4. The quantitative estimate of drug-likeness (QED) is 0.569. The van der Waals surface area contributed by atoms with Crippen molar-refractivity contribution in [2.24, 2.45) is 0 Å². The molecule has 0 atom stereocenters. The average Bonchev–Trinajstić information content (AvgIpc) is 2.28. The molecular weight excluding hydrogens is 200 g/mol. The molecule has 0 saturated carbocycles. The van der Waals surface area contributed by atoms with E-state index in [1.54, 1.807) is 0 Å². The first-order valence-corrected chi connectivity index (χ1v) is 4.54. The van der Waals surface area contributed by atoms with Crippen molar-refractivity contribution in [1.29, 1.82) is 0 Å². The minimum atomic E-state index is -4.58. The van der Waals surface area contributed by atoms with Gasteiger partial charge in [0.1, 0.15) is 5.56 Å². The van der Waals surface area contributed by atoms with Crippen LogP contribution in [0.2, 0.25) is 0 Å². The standard InChI is InChI=1S/C5H6N2O5S/c1-2-3(5(8)9)4(7-6-2)13(10,11)12/h1H3,(H,6,7)(H,8,9)(H,10,11,12). The summed E-state index contributed by atoms with van der Waals surface area (Å²) in [6.45, 7) is 1.34. The molecule has 0 bridgehead atoms. The van der Waals surface area contributed by atoms with Crippen LogP contribution in [0.3, 0.4) is 0 Å². The lowest BCUT2D eigenvalue weighted by atomic mass is 10.3. The lowest BCUT2D eigenvalue weighted by molar-refractivity contribution is 0.0691. The van der Waals surface area contributed by atoms with Crippen molar-refractivity contribution in [3.8, 4) is 0 Å². The minimum Gasteiger partial charge on any atom is -0.478 e. The summed E-state index contributed by atoms with van der Waals surface area (Å²) in [7, 11) is -4.58. The van der Waals surface area contributed by atoms with E-state index in [1.165, 1.54) is 6.92 Å². The number of aromatic amines is 1. The van der Waals surface area contributed by atoms with E-state index in [-0.39, 0.29) is 5.69 Å². The van der Waals surface area contributed by atoms with Crippen molar-refractivity contribution in [2.75, 3.05) is 0 Å². The van der Waals surface area contributed by atoms with Crippen molar-refractivity contribution in [3.05, 3.63) is 11.3 Å². The van der Waals surface area contributed by atoms with Crippen molar-refractivity contribution in [1.82, 2.24) is 10.2 Å². The van der Waals surface area contributed by atoms with Crippen LogP contribution in [0.5, 0.6) is 0 Å². The SMILES string of the molecule is Cc1[nH]nc(S(=O)(=O)O)c1C(=O)O. The van der Waals surface area contributed by atoms with E-state index < -0.39 is 26.7 Å². The van der Waals surface area contributed by atoms with Gasteiger partial charge in [-0.3, -0.25) is 9.65 Å². The van der Waals surface area contributed by atoms with E-state index in [0.717, 1.165) is 0 Å². The number of carbonyl (C=O) groups is 1. The third-order valence-corrected chi connectivity index (χ3v) is 2.16. The number of H-pyrrole nitrogens is 1. The molecule has 0 amide bonds. The number of hydrogen-bond donors (Lipinski definition) is 3. The molecule has 1 aromatic heterocycles. The average molecular weight is 206 g/mol. The Hall–Kier alpha value is -1.41. The number of aromatic nitrogens is 2. The van der Waals surface area contributed by atoms with E-state index in [0.29, 0.717) is 0 Å². The molecule has 0 unspecified atom stereocenters. The highest BCUT2D eigenvalue weighted by atomic mass is 32.2. The Morgan fingerprint density at radius 3 is 2.38 bits per heavy atom. The molecule has 0 fully saturated rings. The molecule has 1 heterocycles. The molecule has 8 heteroatoms. The highest BCUT2D eigenvalue weighted by molar-refractivity contribution is 7.85. The van der Waals surface area contributed by atoms with Gasteiger partial charge in [-0.15, -0.1) is 0 Å². The van der Waals surface area contributed by atoms with Gasteiger partial charge in [-0.25, -0.2) is 4.79 Å². The largest absolute Gasteiger partial charge is 0.478 e. The van der Waals surface area contributed by atoms with Crippen molar-refractivity contribution < 1.29 is 22.9 Å². The zero-order valence-electron chi connectivity index (χ0n) is 6.47. The van der Waals surface area contributed by atoms with E-state index in [4.69, 9.17) is 9.66 Å². The Morgan fingerprint density at radius 1 is 1.54 bits per heavy atom. The monoisotopic (exact) mass is 206 g/mol. The summed E-state index contributed by atoms with van der Waals surface area (Å²) >= 11 is 0. The topological polar surface area (TPSA) is 120 Å². The predicted molar refractivity (Wildman–Crippen MR) is 40.1 cm³/mol. The van der Waals surface area contributed by atoms with E-state index >= 15 is 0 Å². The fourth-order valence-electron chi connectivity index (χ4n) is 0.845. The lowest BCUT2D eigenvalue weighted by Gasteiger charge is -1.93. The number of carboxylic acid groups (broad SMARTS) is 1. The summed E-state index contributed by atoms with van der Waals surface area (Å²) < 4.78 is 29.7. The summed E-state index contributed by atoms with van der Waals surface area (Å²) in [6.07, 6.45) is 0. The highest BCUT2D eigenvalue weighted by Gasteiger charge is 2.25. The van der Waals surface area contributed by atoms with Gasteiger partial charge >= 0.3 is 16.1 Å². The number of aryl methyl sites for hydroxylation is 1. The predicted octanol–water partition coefficient (Wildman–Crippen LogP) is -0.337. The van der Waals surface area contributed by atoms with Gasteiger partial charge in [0.2, 0.25) is 5.03 Å². The molecule has 0 aliphatic heterocycles. The van der Waals surface area contributed by atoms with Gasteiger partial charge < -0.3 is 5.11 Å². The second-order valence-electron chi connectivity index (χ2n) is 2.31. The molecule has 0 aliphatic rings. The second-order valence-corrected chi connectivity index (χ2v) is 3.65. The van der Waals surface area contributed by atoms with Crippen LogP contribution in [0.15, 0.2) is 5.03 Å². The van der Waals surface area contributed by atoms with Crippen molar-refractivity contribution >= 4 is 16.1 Å². The number of aromatic carboxylic acids is 1. The summed E-state index contributed by atoms with van der Waals surface area (Å²) in [5.41, 5.74) is -0.470. The van der Waals surface area contributed by atoms with Gasteiger partial charge in [-0.1, -0.05) is 0 Å². The zero-order chi connectivity index (χ0) is 10.2. The molecule has 7 nitrogen and oxygen atoms in total. The molecule has 1 rings (SSSR count). The van der Waals surface area contributed by atoms with Crippen molar-refractivity contribution in [2.45, 2.75) is 11.9 Å². The first-order chi connectivity index (χ1) is 5.84. The number of rotatable bonds is 2. The van der Waals surface area contributed by atoms with Crippen LogP contribution < -0.4 is 0 Å². The fourth-order valence-corrected chi connectivity index (χ4v) is 1.50. The van der Waals surface area contributed by atoms with Crippen LogP contribution in [-0.2, 0) is 10.1 Å². The minimum absolute atomic E-state index is 0.0696. The molecule has 72 valence electrons. The number of nitrogens with one attached hydrogen (secondary N) is 1. The van der Waals surface area contributed by atoms with Crippen LogP contribution in [-0.4, -0.2) is 34.2 Å². The summed E-state index contributed by atoms with van der Waals surface area (Å²) in [6, 6.07) is 0. The summed E-state index contributed by atoms with van der Waals surface area (Å²) in [5, 5.41) is 13.0. The van der Waals surface area contributed by atoms with Gasteiger partial charge in [-0.05, 0) is 6.92 Å². The van der Waals surface area contributed by atoms with Gasteiger partial charge in [0, 0.05) is 5.69 Å². The van der Waals surface area contributed by atoms with Gasteiger partial charge in [0.05, 0.1) is 0 Å². The van der Waals surface area contributed by atoms with Crippen LogP contribution in [0, 0.1) is 6.92 Å². The van der Waals surface area contributed by atoms with Crippen molar-refractivity contribution in [3.63, 3.8) is 0 Å². The summed E-state index contributed by atoms with van der Waals surface area (Å²) in [4.78, 5) is 10.5. The van der Waals surface area contributed by atoms with E-state index in [1.807, 2.05) is 0 Å². The fraction of sp³-hybridized carbons (Fsp3) is 0.200. The molecular formula is C5H6N2O5S. The molecule has 0 spiro atoms. The van der Waals surface area contributed by atoms with Gasteiger partial charge in [0.15, 0.2) is 0 Å². The third kappa shape index (κ3) is 1.68. The van der Waals surface area contributed by atoms with Gasteiger partial charge in [0.25, 0.3) is 0 Å². The maximum absolute atomic E-state index is 10.6. The number of nitrogens with zero attached hydrogens (tertiary/aromatic N) is 1. The third-order valence-electron chi connectivity index (χ3n) is 1.37. The van der Waals surface area contributed by atoms with E-state index in [9.17, 15) is 13.2 Å². The second kappa shape index (κ2) is 2.82. The Bertz CT molecular complexity index is 445. The Balaban J connectivity index is 3.49. The lowest BCUT2D eigenvalue weighted by Crippen LogP contribution is -2.07.